The number of ether oxygens (including phenoxy) is 1. The van der Waals surface area contributed by atoms with Crippen molar-refractivity contribution in [1.29, 1.82) is 0 Å². The number of ketones is 1. The summed E-state index contributed by atoms with van der Waals surface area (Å²) >= 11 is 0. The summed E-state index contributed by atoms with van der Waals surface area (Å²) in [5, 5.41) is 0. The third kappa shape index (κ3) is 2.64. The Kier molecular flexibility index (Phi) is 3.97. The second-order valence-corrected chi connectivity index (χ2v) is 6.31. The Morgan fingerprint density at radius 3 is 2.73 bits per heavy atom. The third-order valence-electron chi connectivity index (χ3n) is 4.62. The van der Waals surface area contributed by atoms with Gasteiger partial charge >= 0.3 is 0 Å². The van der Waals surface area contributed by atoms with Crippen molar-refractivity contribution in [3.05, 3.63) is 66.3 Å². The van der Waals surface area contributed by atoms with E-state index in [1.54, 1.807) is 18.9 Å². The number of imidazole rings is 1. The number of nitrogens with one attached hydrogen (secondary N) is 1. The van der Waals surface area contributed by atoms with Crippen molar-refractivity contribution in [3.8, 4) is 5.69 Å². The standard InChI is InChI=1S/C20H20N4O2/c1-13-18(26-3)8-11-24(19(13)14(2)25)20-21-16-7-6-15(12-17(16)22-20)23-9-4-5-10-23/h4-12,18H,1-3H3,(H,21,22). The maximum atomic E-state index is 12.2. The predicted molar refractivity (Wildman–Crippen MR) is 101 cm³/mol. The Balaban J connectivity index is 1.78. The summed E-state index contributed by atoms with van der Waals surface area (Å²) in [5.74, 6) is 0.586. The third-order valence-corrected chi connectivity index (χ3v) is 4.62. The molecule has 2 aromatic heterocycles. The molecule has 0 bridgehead atoms. The molecule has 0 spiro atoms. The van der Waals surface area contributed by atoms with E-state index in [0.717, 1.165) is 22.3 Å². The topological polar surface area (TPSA) is 63.1 Å². The Hall–Kier alpha value is -3.12. The second kappa shape index (κ2) is 6.31. The molecule has 1 unspecified atom stereocenters. The van der Waals surface area contributed by atoms with Crippen LogP contribution in [-0.2, 0) is 9.53 Å². The highest BCUT2D eigenvalue weighted by molar-refractivity contribution is 5.99. The van der Waals surface area contributed by atoms with Crippen molar-refractivity contribution in [2.75, 3.05) is 12.0 Å². The number of aromatic amines is 1. The van der Waals surface area contributed by atoms with Gasteiger partial charge in [0.2, 0.25) is 5.95 Å². The SMILES string of the molecule is COC1C=CN(c2nc3ccc(-n4cccc4)cc3[nH]2)C(C(C)=O)=C1C. The molecule has 3 aromatic rings. The zero-order valence-electron chi connectivity index (χ0n) is 14.9. The van der Waals surface area contributed by atoms with E-state index in [-0.39, 0.29) is 11.9 Å². The number of fused-ring (bicyclic) bond motifs is 1. The molecule has 1 atom stereocenters. The highest BCUT2D eigenvalue weighted by Crippen LogP contribution is 2.29. The summed E-state index contributed by atoms with van der Waals surface area (Å²) in [6, 6.07) is 10.0. The molecule has 4 rings (SSSR count). The molecule has 132 valence electrons. The number of aromatic nitrogens is 3. The fraction of sp³-hybridized carbons (Fsp3) is 0.200. The molecule has 1 aromatic carbocycles. The molecule has 3 heterocycles. The molecule has 0 radical (unpaired) electrons. The first-order chi connectivity index (χ1) is 12.6. The Bertz CT molecular complexity index is 1030. The number of hydrogen-bond donors (Lipinski definition) is 1. The quantitative estimate of drug-likeness (QED) is 0.783. The van der Waals surface area contributed by atoms with Gasteiger partial charge in [0.15, 0.2) is 5.78 Å². The summed E-state index contributed by atoms with van der Waals surface area (Å²) in [6.45, 7) is 3.47. The van der Waals surface area contributed by atoms with Crippen LogP contribution in [-0.4, -0.2) is 33.5 Å². The fourth-order valence-corrected chi connectivity index (χ4v) is 3.35. The fourth-order valence-electron chi connectivity index (χ4n) is 3.35. The summed E-state index contributed by atoms with van der Waals surface area (Å²) in [4.78, 5) is 22.0. The lowest BCUT2D eigenvalue weighted by molar-refractivity contribution is -0.113. The number of carbonyl (C=O) groups is 1. The average Bonchev–Trinajstić information content (AvgIpc) is 3.29. The maximum absolute atomic E-state index is 12.2. The molecule has 1 aliphatic rings. The van der Waals surface area contributed by atoms with Crippen molar-refractivity contribution in [1.82, 2.24) is 14.5 Å². The molecule has 0 saturated heterocycles. The number of anilines is 1. The van der Waals surface area contributed by atoms with Gasteiger partial charge in [0, 0.05) is 38.3 Å². The van der Waals surface area contributed by atoms with E-state index in [1.807, 2.05) is 66.5 Å². The van der Waals surface area contributed by atoms with Crippen LogP contribution in [0.15, 0.2) is 66.3 Å². The van der Waals surface area contributed by atoms with E-state index in [2.05, 4.69) is 9.97 Å². The number of nitrogens with zero attached hydrogens (tertiary/aromatic N) is 3. The molecule has 26 heavy (non-hydrogen) atoms. The molecular weight excluding hydrogens is 328 g/mol. The minimum absolute atomic E-state index is 0.0256. The molecule has 0 amide bonds. The van der Waals surface area contributed by atoms with E-state index in [9.17, 15) is 4.79 Å². The lowest BCUT2D eigenvalue weighted by Crippen LogP contribution is -2.30. The second-order valence-electron chi connectivity index (χ2n) is 6.31. The van der Waals surface area contributed by atoms with E-state index < -0.39 is 0 Å². The van der Waals surface area contributed by atoms with Gasteiger partial charge in [-0.1, -0.05) is 0 Å². The molecule has 0 saturated carbocycles. The number of Topliss-reactive ketones (excluding diaryl/α,β-unsaturated/α-hetero) is 1. The van der Waals surface area contributed by atoms with Gasteiger partial charge in [0.25, 0.3) is 0 Å². The molecule has 6 nitrogen and oxygen atoms in total. The first kappa shape index (κ1) is 16.4. The van der Waals surface area contributed by atoms with E-state index in [0.29, 0.717) is 11.6 Å². The monoisotopic (exact) mass is 348 g/mol. The summed E-state index contributed by atoms with van der Waals surface area (Å²) in [5.41, 5.74) is 4.26. The first-order valence-corrected chi connectivity index (χ1v) is 8.43. The molecule has 1 aliphatic heterocycles. The Labute approximate surface area is 151 Å². The lowest BCUT2D eigenvalue weighted by atomic mass is 10.0. The number of H-pyrrole nitrogens is 1. The first-order valence-electron chi connectivity index (χ1n) is 8.43. The molecule has 0 fully saturated rings. The van der Waals surface area contributed by atoms with Crippen LogP contribution in [0.2, 0.25) is 0 Å². The van der Waals surface area contributed by atoms with Gasteiger partial charge in [-0.05, 0) is 48.9 Å². The van der Waals surface area contributed by atoms with Crippen molar-refractivity contribution in [3.63, 3.8) is 0 Å². The zero-order valence-corrected chi connectivity index (χ0v) is 14.9. The normalized spacial score (nSPS) is 17.3. The van der Waals surface area contributed by atoms with Crippen LogP contribution in [0.25, 0.3) is 16.7 Å². The minimum Gasteiger partial charge on any atom is -0.373 e. The Morgan fingerprint density at radius 1 is 1.27 bits per heavy atom. The summed E-state index contributed by atoms with van der Waals surface area (Å²) < 4.78 is 7.46. The Morgan fingerprint density at radius 2 is 2.04 bits per heavy atom. The van der Waals surface area contributed by atoms with Crippen LogP contribution in [0, 0.1) is 0 Å². The van der Waals surface area contributed by atoms with Crippen LogP contribution in [0.4, 0.5) is 5.95 Å². The summed E-state index contributed by atoms with van der Waals surface area (Å²) in [7, 11) is 1.63. The summed E-state index contributed by atoms with van der Waals surface area (Å²) in [6.07, 6.45) is 7.55. The van der Waals surface area contributed by atoms with Crippen molar-refractivity contribution in [2.24, 2.45) is 0 Å². The van der Waals surface area contributed by atoms with E-state index in [4.69, 9.17) is 4.74 Å². The minimum atomic E-state index is -0.199. The highest BCUT2D eigenvalue weighted by atomic mass is 16.5. The lowest BCUT2D eigenvalue weighted by Gasteiger charge is -2.28. The number of allylic oxidation sites excluding steroid dienone is 1. The van der Waals surface area contributed by atoms with Gasteiger partial charge in [-0.2, -0.15) is 0 Å². The average molecular weight is 348 g/mol. The molecule has 1 N–H and O–H groups in total. The maximum Gasteiger partial charge on any atom is 0.212 e. The number of hydrogen-bond acceptors (Lipinski definition) is 4. The number of methoxy groups -OCH3 is 1. The van der Waals surface area contributed by atoms with Crippen LogP contribution in [0.3, 0.4) is 0 Å². The molecular formula is C20H20N4O2. The van der Waals surface area contributed by atoms with Crippen LogP contribution in [0.1, 0.15) is 13.8 Å². The molecule has 6 heteroatoms. The number of rotatable bonds is 4. The number of benzene rings is 1. The van der Waals surface area contributed by atoms with Crippen LogP contribution < -0.4 is 4.90 Å². The van der Waals surface area contributed by atoms with Crippen LogP contribution in [0.5, 0.6) is 0 Å². The van der Waals surface area contributed by atoms with Gasteiger partial charge in [0.1, 0.15) is 6.10 Å². The van der Waals surface area contributed by atoms with Gasteiger partial charge in [-0.25, -0.2) is 4.98 Å². The van der Waals surface area contributed by atoms with Gasteiger partial charge in [0.05, 0.1) is 16.7 Å². The smallest absolute Gasteiger partial charge is 0.212 e. The van der Waals surface area contributed by atoms with Crippen LogP contribution >= 0.6 is 0 Å². The van der Waals surface area contributed by atoms with Gasteiger partial charge < -0.3 is 14.3 Å². The molecule has 0 aliphatic carbocycles. The van der Waals surface area contributed by atoms with Crippen molar-refractivity contribution < 1.29 is 9.53 Å². The van der Waals surface area contributed by atoms with Crippen molar-refractivity contribution >= 4 is 22.8 Å². The predicted octanol–water partition coefficient (Wildman–Crippen LogP) is 3.57. The van der Waals surface area contributed by atoms with Crippen molar-refractivity contribution in [2.45, 2.75) is 20.0 Å². The zero-order chi connectivity index (χ0) is 18.3. The van der Waals surface area contributed by atoms with Gasteiger partial charge in [-0.15, -0.1) is 0 Å². The number of carbonyl (C=O) groups excluding carboxylic acids is 1. The van der Waals surface area contributed by atoms with E-state index in [1.165, 1.54) is 0 Å². The highest BCUT2D eigenvalue weighted by Gasteiger charge is 2.26. The van der Waals surface area contributed by atoms with E-state index >= 15 is 0 Å². The van der Waals surface area contributed by atoms with Gasteiger partial charge in [-0.3, -0.25) is 9.69 Å². The largest absolute Gasteiger partial charge is 0.373 e.